The highest BCUT2D eigenvalue weighted by Gasteiger charge is 2.53. The molecule has 2 aliphatic rings. The van der Waals surface area contributed by atoms with Crippen molar-refractivity contribution < 1.29 is 37.4 Å². The van der Waals surface area contributed by atoms with Gasteiger partial charge in [0.15, 0.2) is 11.5 Å². The number of carbonyl (C=O) groups excluding carboxylic acids is 3. The van der Waals surface area contributed by atoms with Crippen LogP contribution < -0.4 is 25.4 Å². The molecule has 3 aromatic rings. The Morgan fingerprint density at radius 2 is 1.63 bits per heavy atom. The van der Waals surface area contributed by atoms with Crippen molar-refractivity contribution in [3.05, 3.63) is 71.3 Å². The molecule has 1 fully saturated rings. The van der Waals surface area contributed by atoms with E-state index in [0.29, 0.717) is 54.1 Å². The minimum Gasteiger partial charge on any atom is -0.444 e. The molecule has 10 nitrogen and oxygen atoms in total. The summed E-state index contributed by atoms with van der Waals surface area (Å²) in [5, 5.41) is 8.54. The Bertz CT molecular complexity index is 1630. The summed E-state index contributed by atoms with van der Waals surface area (Å²) in [6.07, 6.45) is -0.735. The van der Waals surface area contributed by atoms with Crippen molar-refractivity contribution in [1.29, 1.82) is 0 Å². The summed E-state index contributed by atoms with van der Waals surface area (Å²) in [5.41, 5.74) is 1.80. The average Bonchev–Trinajstić information content (AvgIpc) is 3.73. The molecule has 1 aliphatic carbocycles. The summed E-state index contributed by atoms with van der Waals surface area (Å²) < 4.78 is 41.3. The van der Waals surface area contributed by atoms with Crippen molar-refractivity contribution >= 4 is 23.7 Å². The molecule has 1 aromatic heterocycles. The third-order valence-electron chi connectivity index (χ3n) is 7.68. The van der Waals surface area contributed by atoms with Crippen LogP contribution in [-0.2, 0) is 14.9 Å². The highest BCUT2D eigenvalue weighted by Crippen LogP contribution is 2.52. The van der Waals surface area contributed by atoms with Crippen LogP contribution in [0.2, 0.25) is 0 Å². The number of pyridine rings is 1. The maximum Gasteiger partial charge on any atom is 0.586 e. The Balaban J connectivity index is 1.16. The molecule has 0 radical (unpaired) electrons. The normalized spacial score (nSPS) is 15.5. The van der Waals surface area contributed by atoms with E-state index in [4.69, 9.17) is 4.74 Å². The van der Waals surface area contributed by atoms with E-state index in [2.05, 4.69) is 30.4 Å². The first-order chi connectivity index (χ1) is 21.7. The molecule has 3 N–H and O–H groups in total. The zero-order valence-corrected chi connectivity index (χ0v) is 26.3. The predicted molar refractivity (Wildman–Crippen MR) is 167 cm³/mol. The largest absolute Gasteiger partial charge is 0.586 e. The van der Waals surface area contributed by atoms with Crippen molar-refractivity contribution in [3.8, 4) is 22.8 Å². The van der Waals surface area contributed by atoms with E-state index in [0.717, 1.165) is 24.8 Å². The molecule has 46 heavy (non-hydrogen) atoms. The van der Waals surface area contributed by atoms with Crippen LogP contribution in [0, 0.1) is 6.92 Å². The zero-order valence-electron chi connectivity index (χ0n) is 26.3. The third kappa shape index (κ3) is 7.91. The molecule has 12 heteroatoms. The molecule has 0 unspecified atom stereocenters. The van der Waals surface area contributed by atoms with E-state index >= 15 is 0 Å². The second-order valence-electron chi connectivity index (χ2n) is 12.6. The second-order valence-corrected chi connectivity index (χ2v) is 12.6. The number of carbonyl (C=O) groups is 3. The Labute approximate surface area is 266 Å². The summed E-state index contributed by atoms with van der Waals surface area (Å²) in [6.45, 7) is 8.31. The number of unbranched alkanes of at least 4 members (excludes halogenated alkanes) is 2. The van der Waals surface area contributed by atoms with E-state index in [1.807, 2.05) is 39.8 Å². The SMILES string of the molecule is Cc1ccc(NC(=O)C2(c3ccc4c(c3)OC(F)(F)O4)CC2)nc1-c1cccc(C(=O)NCCCCCNC(=O)OC(C)(C)C)c1. The van der Waals surface area contributed by atoms with Crippen molar-refractivity contribution in [2.75, 3.05) is 18.4 Å². The molecule has 244 valence electrons. The van der Waals surface area contributed by atoms with E-state index < -0.39 is 23.4 Å². The number of anilines is 1. The number of hydrogen-bond donors (Lipinski definition) is 3. The summed E-state index contributed by atoms with van der Waals surface area (Å²) in [4.78, 5) is 42.7. The van der Waals surface area contributed by atoms with Gasteiger partial charge in [0.25, 0.3) is 5.91 Å². The maximum absolute atomic E-state index is 13.5. The molecular weight excluding hydrogens is 598 g/mol. The van der Waals surface area contributed by atoms with Crippen LogP contribution in [0.3, 0.4) is 0 Å². The van der Waals surface area contributed by atoms with Gasteiger partial charge in [-0.25, -0.2) is 9.78 Å². The quantitative estimate of drug-likeness (QED) is 0.206. The third-order valence-corrected chi connectivity index (χ3v) is 7.68. The van der Waals surface area contributed by atoms with Gasteiger partial charge in [0.2, 0.25) is 5.91 Å². The zero-order chi connectivity index (χ0) is 33.1. The summed E-state index contributed by atoms with van der Waals surface area (Å²) in [6, 6.07) is 15.1. The number of rotatable bonds is 11. The Morgan fingerprint density at radius 1 is 0.913 bits per heavy atom. The number of amides is 3. The van der Waals surface area contributed by atoms with Crippen LogP contribution in [-0.4, -0.2) is 47.9 Å². The smallest absolute Gasteiger partial charge is 0.444 e. The van der Waals surface area contributed by atoms with Crippen molar-refractivity contribution in [3.63, 3.8) is 0 Å². The van der Waals surface area contributed by atoms with E-state index in [-0.39, 0.29) is 23.3 Å². The summed E-state index contributed by atoms with van der Waals surface area (Å²) >= 11 is 0. The lowest BCUT2D eigenvalue weighted by Crippen LogP contribution is -2.33. The van der Waals surface area contributed by atoms with Crippen LogP contribution in [0.1, 0.15) is 74.4 Å². The number of aryl methyl sites for hydroxylation is 1. The number of alkyl halides is 2. The summed E-state index contributed by atoms with van der Waals surface area (Å²) in [7, 11) is 0. The number of alkyl carbamates (subject to hydrolysis) is 1. The molecule has 2 heterocycles. The van der Waals surface area contributed by atoms with E-state index in [1.54, 1.807) is 30.3 Å². The first kappa shape index (κ1) is 32.6. The number of benzene rings is 2. The number of nitrogens with one attached hydrogen (secondary N) is 3. The number of halogens is 2. The lowest BCUT2D eigenvalue weighted by atomic mass is 9.94. The molecular formula is C34H38F2N4O6. The number of fused-ring (bicyclic) bond motifs is 1. The fourth-order valence-electron chi connectivity index (χ4n) is 5.19. The fraction of sp³-hybridized carbons (Fsp3) is 0.412. The number of nitrogens with zero attached hydrogens (tertiary/aromatic N) is 1. The van der Waals surface area contributed by atoms with Gasteiger partial charge < -0.3 is 30.2 Å². The maximum atomic E-state index is 13.5. The monoisotopic (exact) mass is 636 g/mol. The standard InChI is InChI=1S/C34H38F2N4O6/c1-21-11-14-27(40-30(42)33(15-16-33)24-12-13-25-26(20-24)45-34(35,36)44-25)39-28(21)22-9-8-10-23(19-22)29(41)37-17-6-5-7-18-38-31(43)46-32(2,3)4/h8-14,19-20H,5-7,15-18H2,1-4H3,(H,37,41)(H,38,43)(H,39,40,42). The lowest BCUT2D eigenvalue weighted by molar-refractivity contribution is -0.286. The molecule has 1 aliphatic heterocycles. The number of hydrogen-bond acceptors (Lipinski definition) is 7. The van der Waals surface area contributed by atoms with E-state index in [9.17, 15) is 23.2 Å². The Hall–Kier alpha value is -4.74. The van der Waals surface area contributed by atoms with Gasteiger partial charge >= 0.3 is 12.4 Å². The van der Waals surface area contributed by atoms with Crippen LogP contribution in [0.4, 0.5) is 19.4 Å². The Kier molecular flexibility index (Phi) is 9.18. The average molecular weight is 637 g/mol. The highest BCUT2D eigenvalue weighted by molar-refractivity contribution is 6.01. The highest BCUT2D eigenvalue weighted by atomic mass is 19.3. The molecule has 0 bridgehead atoms. The predicted octanol–water partition coefficient (Wildman–Crippen LogP) is 6.47. The van der Waals surface area contributed by atoms with Gasteiger partial charge in [0.05, 0.1) is 11.1 Å². The molecule has 5 rings (SSSR count). The van der Waals surface area contributed by atoms with Crippen molar-refractivity contribution in [1.82, 2.24) is 15.6 Å². The van der Waals surface area contributed by atoms with E-state index in [1.165, 1.54) is 12.1 Å². The topological polar surface area (TPSA) is 128 Å². The van der Waals surface area contributed by atoms with Crippen LogP contribution in [0.5, 0.6) is 11.5 Å². The van der Waals surface area contributed by atoms with Gasteiger partial charge in [-0.15, -0.1) is 8.78 Å². The molecule has 0 spiro atoms. The first-order valence-corrected chi connectivity index (χ1v) is 15.3. The molecule has 2 aromatic carbocycles. The minimum atomic E-state index is -3.73. The van der Waals surface area contributed by atoms with Gasteiger partial charge in [-0.05, 0) is 101 Å². The Morgan fingerprint density at radius 3 is 2.35 bits per heavy atom. The van der Waals surface area contributed by atoms with Crippen LogP contribution in [0.15, 0.2) is 54.6 Å². The van der Waals surface area contributed by atoms with Gasteiger partial charge in [0.1, 0.15) is 11.4 Å². The number of ether oxygens (including phenoxy) is 3. The fourth-order valence-corrected chi connectivity index (χ4v) is 5.19. The van der Waals surface area contributed by atoms with Gasteiger partial charge in [-0.3, -0.25) is 9.59 Å². The lowest BCUT2D eigenvalue weighted by Gasteiger charge is -2.19. The molecule has 0 saturated heterocycles. The molecule has 1 saturated carbocycles. The summed E-state index contributed by atoms with van der Waals surface area (Å²) in [5.74, 6) is -0.355. The van der Waals surface area contributed by atoms with Crippen molar-refractivity contribution in [2.24, 2.45) is 0 Å². The van der Waals surface area contributed by atoms with Crippen LogP contribution in [0.25, 0.3) is 11.3 Å². The molecule has 3 amide bonds. The first-order valence-electron chi connectivity index (χ1n) is 15.3. The second kappa shape index (κ2) is 12.9. The van der Waals surface area contributed by atoms with Crippen LogP contribution >= 0.6 is 0 Å². The van der Waals surface area contributed by atoms with Gasteiger partial charge in [0, 0.05) is 24.2 Å². The van der Waals surface area contributed by atoms with Gasteiger partial charge in [-0.2, -0.15) is 0 Å². The number of aromatic nitrogens is 1. The minimum absolute atomic E-state index is 0.0737. The van der Waals surface area contributed by atoms with Gasteiger partial charge in [-0.1, -0.05) is 24.3 Å². The molecule has 0 atom stereocenters. The van der Waals surface area contributed by atoms with Crippen molar-refractivity contribution in [2.45, 2.75) is 77.1 Å².